The summed E-state index contributed by atoms with van der Waals surface area (Å²) in [6.45, 7) is 2.42. The van der Waals surface area contributed by atoms with Crippen molar-refractivity contribution in [3.05, 3.63) is 47.3 Å². The van der Waals surface area contributed by atoms with E-state index in [-0.39, 0.29) is 5.91 Å². The molecule has 30 heavy (non-hydrogen) atoms. The van der Waals surface area contributed by atoms with Gasteiger partial charge < -0.3 is 4.90 Å². The smallest absolute Gasteiger partial charge is 0.314 e. The molecule has 1 fully saturated rings. The number of alkyl halides is 3. The predicted octanol–water partition coefficient (Wildman–Crippen LogP) is 2.84. The molecular formula is C20H22F3N4O2S+. The van der Waals surface area contributed by atoms with Gasteiger partial charge in [-0.25, -0.2) is 0 Å². The highest BCUT2D eigenvalue weighted by molar-refractivity contribution is 7.65. The first-order chi connectivity index (χ1) is 14.2. The lowest BCUT2D eigenvalue weighted by atomic mass is 9.73. The topological polar surface area (TPSA) is 58.4 Å². The van der Waals surface area contributed by atoms with E-state index in [9.17, 15) is 22.2 Å². The van der Waals surface area contributed by atoms with E-state index in [1.165, 1.54) is 11.0 Å². The number of benzene rings is 1. The van der Waals surface area contributed by atoms with Crippen LogP contribution in [0, 0.1) is 0 Å². The number of piperidine rings is 1. The van der Waals surface area contributed by atoms with Gasteiger partial charge in [-0.2, -0.15) is 18.3 Å². The van der Waals surface area contributed by atoms with Crippen LogP contribution >= 0.6 is 0 Å². The third kappa shape index (κ3) is 3.62. The lowest BCUT2D eigenvalue weighted by Gasteiger charge is -2.38. The second-order valence-electron chi connectivity index (χ2n) is 7.89. The summed E-state index contributed by atoms with van der Waals surface area (Å²) in [6.07, 6.45) is 0.183. The first-order valence-electron chi connectivity index (χ1n) is 9.73. The largest absolute Gasteiger partial charge is 0.460 e. The van der Waals surface area contributed by atoms with Gasteiger partial charge in [-0.05, 0) is 49.7 Å². The molecule has 1 aromatic carbocycles. The highest BCUT2D eigenvalue weighted by Gasteiger charge is 2.51. The maximum Gasteiger partial charge on any atom is 0.460 e. The van der Waals surface area contributed by atoms with E-state index in [1.807, 2.05) is 6.20 Å². The summed E-state index contributed by atoms with van der Waals surface area (Å²) in [5.74, 6) is 0.321. The maximum absolute atomic E-state index is 13.3. The minimum atomic E-state index is -4.44. The third-order valence-corrected chi connectivity index (χ3v) is 6.47. The molecule has 0 N–H and O–H groups in total. The van der Waals surface area contributed by atoms with E-state index in [0.717, 1.165) is 17.7 Å². The van der Waals surface area contributed by atoms with E-state index >= 15 is 0 Å². The molecule has 4 rings (SSSR count). The third-order valence-electron chi connectivity index (χ3n) is 6.12. The molecule has 2 aliphatic rings. The van der Waals surface area contributed by atoms with E-state index in [2.05, 4.69) is 10.00 Å². The highest BCUT2D eigenvalue weighted by atomic mass is 32.1. The fourth-order valence-electron chi connectivity index (χ4n) is 4.51. The molecule has 3 heterocycles. The number of aryl methyl sites for hydroxylation is 1. The van der Waals surface area contributed by atoms with Gasteiger partial charge in [0.25, 0.3) is 0 Å². The molecular weight excluding hydrogens is 417 g/mol. The SMILES string of the molecule is CN1C(=O)C2(CCN(Cc3cnn(CC[S+]=O)c3)CC2)c2cc(C(F)(F)F)ccc21. The molecule has 2 aliphatic heterocycles. The van der Waals surface area contributed by atoms with Crippen molar-refractivity contribution in [2.75, 3.05) is 30.8 Å². The predicted molar refractivity (Wildman–Crippen MR) is 106 cm³/mol. The van der Waals surface area contributed by atoms with Crippen molar-refractivity contribution in [3.8, 4) is 0 Å². The molecule has 1 amide bonds. The number of carbonyl (C=O) groups excluding carboxylic acids is 1. The molecule has 0 atom stereocenters. The van der Waals surface area contributed by atoms with Gasteiger partial charge in [-0.15, -0.1) is 0 Å². The molecule has 0 radical (unpaired) electrons. The van der Waals surface area contributed by atoms with Crippen molar-refractivity contribution < 1.29 is 22.2 Å². The molecule has 160 valence electrons. The van der Waals surface area contributed by atoms with Gasteiger partial charge >= 0.3 is 17.8 Å². The number of likely N-dealkylation sites (N-methyl/N-ethyl adjacent to an activating group) is 1. The van der Waals surface area contributed by atoms with Crippen LogP contribution in [0.2, 0.25) is 0 Å². The molecule has 6 nitrogen and oxygen atoms in total. The fourth-order valence-corrected chi connectivity index (χ4v) is 4.77. The number of anilines is 1. The molecule has 1 aromatic heterocycles. The monoisotopic (exact) mass is 439 g/mol. The summed E-state index contributed by atoms with van der Waals surface area (Å²) in [5, 5.41) is 4.25. The number of amides is 1. The van der Waals surface area contributed by atoms with Crippen molar-refractivity contribution in [2.45, 2.75) is 37.5 Å². The Balaban J connectivity index is 1.50. The first-order valence-corrected chi connectivity index (χ1v) is 10.6. The van der Waals surface area contributed by atoms with Gasteiger partial charge in [0, 0.05) is 35.2 Å². The second kappa shape index (κ2) is 7.73. The molecule has 1 spiro atoms. The van der Waals surface area contributed by atoms with Gasteiger partial charge in [0.15, 0.2) is 0 Å². The zero-order valence-electron chi connectivity index (χ0n) is 16.5. The van der Waals surface area contributed by atoms with Crippen molar-refractivity contribution >= 4 is 23.3 Å². The minimum Gasteiger partial charge on any atom is -0.314 e. The molecule has 0 bridgehead atoms. The van der Waals surface area contributed by atoms with Crippen LogP contribution < -0.4 is 4.90 Å². The van der Waals surface area contributed by atoms with Crippen LogP contribution in [0.1, 0.15) is 29.5 Å². The maximum atomic E-state index is 13.3. The zero-order valence-corrected chi connectivity index (χ0v) is 17.3. The number of likely N-dealkylation sites (tertiary alicyclic amines) is 1. The van der Waals surface area contributed by atoms with E-state index in [4.69, 9.17) is 0 Å². The standard InChI is InChI=1S/C20H22F3N4O2S/c1-25-17-3-2-15(20(21,22)23)10-16(17)19(18(25)28)4-6-26(7-5-19)12-14-11-24-27(13-14)8-9-30-29/h2-3,10-11,13H,4-9,12H2,1H3/q+1. The summed E-state index contributed by atoms with van der Waals surface area (Å²) >= 11 is 0.522. The Morgan fingerprint density at radius 1 is 1.23 bits per heavy atom. The van der Waals surface area contributed by atoms with E-state index in [0.29, 0.717) is 67.7 Å². The van der Waals surface area contributed by atoms with Crippen molar-refractivity contribution in [2.24, 2.45) is 0 Å². The van der Waals surface area contributed by atoms with Gasteiger partial charge in [0.1, 0.15) is 0 Å². The average Bonchev–Trinajstić information content (AvgIpc) is 3.25. The lowest BCUT2D eigenvalue weighted by Crippen LogP contribution is -2.47. The number of hydrogen-bond donors (Lipinski definition) is 0. The summed E-state index contributed by atoms with van der Waals surface area (Å²) in [6, 6.07) is 3.61. The van der Waals surface area contributed by atoms with Gasteiger partial charge in [0.2, 0.25) is 11.7 Å². The van der Waals surface area contributed by atoms with Crippen molar-refractivity contribution in [1.29, 1.82) is 0 Å². The molecule has 2 aromatic rings. The summed E-state index contributed by atoms with van der Waals surface area (Å²) in [7, 11) is 1.63. The van der Waals surface area contributed by atoms with Crippen LogP contribution in [0.25, 0.3) is 0 Å². The van der Waals surface area contributed by atoms with Crippen molar-refractivity contribution in [3.63, 3.8) is 0 Å². The second-order valence-corrected chi connectivity index (χ2v) is 8.53. The molecule has 1 saturated heterocycles. The van der Waals surface area contributed by atoms with Crippen LogP contribution in [0.4, 0.5) is 18.9 Å². The zero-order chi connectivity index (χ0) is 21.5. The Bertz CT molecular complexity index is 967. The molecule has 0 unspecified atom stereocenters. The summed E-state index contributed by atoms with van der Waals surface area (Å²) < 4.78 is 52.0. The highest BCUT2D eigenvalue weighted by Crippen LogP contribution is 2.49. The average molecular weight is 439 g/mol. The summed E-state index contributed by atoms with van der Waals surface area (Å²) in [4.78, 5) is 16.7. The van der Waals surface area contributed by atoms with E-state index < -0.39 is 17.2 Å². The van der Waals surface area contributed by atoms with Crippen LogP contribution in [0.5, 0.6) is 0 Å². The number of aromatic nitrogens is 2. The number of carbonyl (C=O) groups is 1. The number of hydrogen-bond acceptors (Lipinski definition) is 4. The first kappa shape index (κ1) is 20.9. The van der Waals surface area contributed by atoms with Crippen molar-refractivity contribution in [1.82, 2.24) is 14.7 Å². The van der Waals surface area contributed by atoms with Crippen LogP contribution in [-0.4, -0.2) is 46.5 Å². The minimum absolute atomic E-state index is 0.126. The molecule has 0 aliphatic carbocycles. The Labute approximate surface area is 176 Å². The van der Waals surface area contributed by atoms with Gasteiger partial charge in [-0.1, -0.05) is 0 Å². The van der Waals surface area contributed by atoms with Crippen LogP contribution in [0.15, 0.2) is 30.6 Å². The Kier molecular flexibility index (Phi) is 5.39. The quantitative estimate of drug-likeness (QED) is 0.673. The normalized spacial score (nSPS) is 18.8. The van der Waals surface area contributed by atoms with E-state index in [1.54, 1.807) is 17.9 Å². The number of nitrogens with zero attached hydrogens (tertiary/aromatic N) is 4. The Morgan fingerprint density at radius 2 is 1.97 bits per heavy atom. The van der Waals surface area contributed by atoms with Crippen LogP contribution in [0.3, 0.4) is 0 Å². The summed E-state index contributed by atoms with van der Waals surface area (Å²) in [5.41, 5.74) is 0.467. The Hall–Kier alpha value is -2.33. The Morgan fingerprint density at radius 3 is 2.63 bits per heavy atom. The van der Waals surface area contributed by atoms with Gasteiger partial charge in [0.05, 0.1) is 23.7 Å². The number of rotatable bonds is 5. The van der Waals surface area contributed by atoms with Crippen LogP contribution in [-0.2, 0) is 45.4 Å². The number of fused-ring (bicyclic) bond motifs is 2. The van der Waals surface area contributed by atoms with Gasteiger partial charge in [-0.3, -0.25) is 14.4 Å². The fraction of sp³-hybridized carbons (Fsp3) is 0.500. The lowest BCUT2D eigenvalue weighted by molar-refractivity contribution is -0.137. The molecule has 10 heteroatoms. The number of halogens is 3. The molecule has 0 saturated carbocycles.